The van der Waals surface area contributed by atoms with Gasteiger partial charge in [0.1, 0.15) is 0 Å². The molecule has 0 N–H and O–H groups in total. The lowest BCUT2D eigenvalue weighted by molar-refractivity contribution is 0.403. The zero-order chi connectivity index (χ0) is 31.5. The Balaban J connectivity index is 1.40. The Morgan fingerprint density at radius 2 is 1.11 bits per heavy atom. The molecule has 8 rings (SSSR count). The lowest BCUT2D eigenvalue weighted by atomic mass is 9.82. The van der Waals surface area contributed by atoms with Gasteiger partial charge < -0.3 is 0 Å². The summed E-state index contributed by atoms with van der Waals surface area (Å²) < 4.78 is 2.15. The lowest BCUT2D eigenvalue weighted by Gasteiger charge is -2.22. The Bertz CT molecular complexity index is 2230. The van der Waals surface area contributed by atoms with Gasteiger partial charge in [-0.3, -0.25) is 4.57 Å². The normalized spacial score (nSPS) is 14.8. The molecule has 224 valence electrons. The van der Waals surface area contributed by atoms with Crippen LogP contribution in [0.3, 0.4) is 0 Å². The number of imidazole rings is 1. The molecule has 0 atom stereocenters. The predicted octanol–water partition coefficient (Wildman–Crippen LogP) is 9.84. The maximum Gasteiger partial charge on any atom is 0.200 e. The zero-order valence-electron chi connectivity index (χ0n) is 26.6. The summed E-state index contributed by atoms with van der Waals surface area (Å²) in [6.07, 6.45) is 1.10. The van der Waals surface area contributed by atoms with Crippen molar-refractivity contribution in [2.75, 3.05) is 0 Å². The fourth-order valence-corrected chi connectivity index (χ4v) is 7.42. The second-order valence-corrected chi connectivity index (χ2v) is 13.5. The molecule has 0 fully saturated rings. The highest BCUT2D eigenvalue weighted by atomic mass is 15.1. The van der Waals surface area contributed by atoms with Crippen molar-refractivity contribution in [1.29, 1.82) is 0 Å². The van der Waals surface area contributed by atoms with Gasteiger partial charge in [0, 0.05) is 16.8 Å². The largest absolute Gasteiger partial charge is 0.290 e. The van der Waals surface area contributed by atoms with Crippen LogP contribution in [0, 0.1) is 0 Å². The molecule has 1 aliphatic carbocycles. The van der Waals surface area contributed by atoms with Crippen molar-refractivity contribution >= 4 is 11.0 Å². The van der Waals surface area contributed by atoms with Gasteiger partial charge in [0.2, 0.25) is 0 Å². The van der Waals surface area contributed by atoms with Crippen LogP contribution in [0.25, 0.3) is 62.3 Å². The van der Waals surface area contributed by atoms with E-state index in [2.05, 4.69) is 111 Å². The average Bonchev–Trinajstić information content (AvgIpc) is 3.56. The molecule has 5 heteroatoms. The zero-order valence-corrected chi connectivity index (χ0v) is 26.6. The summed E-state index contributed by atoms with van der Waals surface area (Å²) in [4.78, 5) is 20.7. The number of nitrogens with zero attached hydrogens (tertiary/aromatic N) is 5. The summed E-state index contributed by atoms with van der Waals surface area (Å²) in [6, 6.07) is 44.0. The quantitative estimate of drug-likeness (QED) is 0.198. The number of hydrogen-bond acceptors (Lipinski definition) is 4. The molecule has 0 radical (unpaired) electrons. The van der Waals surface area contributed by atoms with Crippen LogP contribution in [0.4, 0.5) is 0 Å². The number of rotatable bonds is 5. The molecule has 0 spiro atoms. The van der Waals surface area contributed by atoms with E-state index in [0.717, 1.165) is 45.4 Å². The predicted molar refractivity (Wildman–Crippen MR) is 187 cm³/mol. The first-order valence-electron chi connectivity index (χ1n) is 15.9. The molecule has 5 aromatic carbocycles. The van der Waals surface area contributed by atoms with Crippen LogP contribution in [0.15, 0.2) is 127 Å². The first kappa shape index (κ1) is 28.1. The van der Waals surface area contributed by atoms with Crippen LogP contribution in [0.1, 0.15) is 45.2 Å². The molecule has 2 aromatic heterocycles. The summed E-state index contributed by atoms with van der Waals surface area (Å²) >= 11 is 0. The highest BCUT2D eigenvalue weighted by Gasteiger charge is 2.42. The molecule has 5 nitrogen and oxygen atoms in total. The summed E-state index contributed by atoms with van der Waals surface area (Å²) in [5, 5.41) is 0. The molecular formula is C41H35N5. The monoisotopic (exact) mass is 597 g/mol. The molecule has 7 aromatic rings. The number of fused-ring (bicyclic) bond motifs is 2. The fraction of sp³-hybridized carbons (Fsp3) is 0.171. The van der Waals surface area contributed by atoms with E-state index in [9.17, 15) is 0 Å². The Morgan fingerprint density at radius 1 is 0.500 bits per heavy atom. The van der Waals surface area contributed by atoms with Crippen molar-refractivity contribution in [3.05, 3.63) is 139 Å². The Labute approximate surface area is 269 Å². The topological polar surface area (TPSA) is 56.5 Å². The third-order valence-corrected chi connectivity index (χ3v) is 9.28. The van der Waals surface area contributed by atoms with Crippen molar-refractivity contribution in [2.24, 2.45) is 0 Å². The summed E-state index contributed by atoms with van der Waals surface area (Å²) in [7, 11) is 0. The van der Waals surface area contributed by atoms with E-state index < -0.39 is 0 Å². The molecule has 2 heterocycles. The molecule has 0 saturated carbocycles. The second-order valence-electron chi connectivity index (χ2n) is 13.5. The SMILES string of the molecule is CC1(C)CC(C)(C)c2cc(-c3nc(-c4ccccc4-c4ccccc4)nc(-c4nc5ccccc5n4-c4ccccc4)n3)ccc21. The van der Waals surface area contributed by atoms with E-state index in [1.165, 1.54) is 11.1 Å². The van der Waals surface area contributed by atoms with Crippen LogP contribution in [-0.2, 0) is 10.8 Å². The number of aromatic nitrogens is 5. The van der Waals surface area contributed by atoms with E-state index in [1.54, 1.807) is 0 Å². The van der Waals surface area contributed by atoms with E-state index in [4.69, 9.17) is 19.9 Å². The number of hydrogen-bond donors (Lipinski definition) is 0. The maximum absolute atomic E-state index is 5.19. The van der Waals surface area contributed by atoms with Gasteiger partial charge in [-0.2, -0.15) is 0 Å². The highest BCUT2D eigenvalue weighted by Crippen LogP contribution is 2.50. The smallest absolute Gasteiger partial charge is 0.200 e. The summed E-state index contributed by atoms with van der Waals surface area (Å²) in [6.45, 7) is 9.36. The van der Waals surface area contributed by atoms with Gasteiger partial charge in [-0.25, -0.2) is 19.9 Å². The Morgan fingerprint density at radius 3 is 1.89 bits per heavy atom. The lowest BCUT2D eigenvalue weighted by Crippen LogP contribution is -2.17. The third kappa shape index (κ3) is 4.71. The third-order valence-electron chi connectivity index (χ3n) is 9.28. The fourth-order valence-electron chi connectivity index (χ4n) is 7.42. The second kappa shape index (κ2) is 10.6. The van der Waals surface area contributed by atoms with E-state index in [-0.39, 0.29) is 10.8 Å². The molecule has 46 heavy (non-hydrogen) atoms. The van der Waals surface area contributed by atoms with Gasteiger partial charge in [-0.15, -0.1) is 0 Å². The molecule has 1 aliphatic rings. The minimum absolute atomic E-state index is 0.0503. The van der Waals surface area contributed by atoms with Crippen molar-refractivity contribution in [2.45, 2.75) is 44.9 Å². The van der Waals surface area contributed by atoms with Gasteiger partial charge >= 0.3 is 0 Å². The van der Waals surface area contributed by atoms with Gasteiger partial charge in [0.25, 0.3) is 0 Å². The average molecular weight is 598 g/mol. The van der Waals surface area contributed by atoms with Crippen molar-refractivity contribution < 1.29 is 0 Å². The van der Waals surface area contributed by atoms with Gasteiger partial charge in [0.05, 0.1) is 11.0 Å². The minimum atomic E-state index is 0.0503. The number of benzene rings is 5. The van der Waals surface area contributed by atoms with Crippen molar-refractivity contribution in [3.63, 3.8) is 0 Å². The number of para-hydroxylation sites is 3. The standard InChI is InChI=1S/C41H35N5/c1-40(2)26-41(3,4)33-25-28(23-24-32(33)40)36-43-37(31-20-12-11-19-30(31)27-15-7-5-8-16-27)45-38(44-36)39-42-34-21-13-14-22-35(34)46(39)29-17-9-6-10-18-29/h5-25H,26H2,1-4H3. The molecule has 0 bridgehead atoms. The highest BCUT2D eigenvalue weighted by molar-refractivity contribution is 5.84. The van der Waals surface area contributed by atoms with E-state index in [1.807, 2.05) is 48.5 Å². The van der Waals surface area contributed by atoms with Crippen LogP contribution < -0.4 is 0 Å². The first-order chi connectivity index (χ1) is 22.3. The van der Waals surface area contributed by atoms with Crippen LogP contribution in [0.5, 0.6) is 0 Å². The van der Waals surface area contributed by atoms with Crippen LogP contribution >= 0.6 is 0 Å². The Kier molecular flexibility index (Phi) is 6.47. The van der Waals surface area contributed by atoms with Gasteiger partial charge in [0.15, 0.2) is 23.3 Å². The molecule has 0 unspecified atom stereocenters. The molecule has 0 aliphatic heterocycles. The van der Waals surface area contributed by atoms with E-state index >= 15 is 0 Å². The summed E-state index contributed by atoms with van der Waals surface area (Å²) in [5.41, 5.74) is 9.92. The first-order valence-corrected chi connectivity index (χ1v) is 15.9. The van der Waals surface area contributed by atoms with Crippen LogP contribution in [0.2, 0.25) is 0 Å². The minimum Gasteiger partial charge on any atom is -0.290 e. The maximum atomic E-state index is 5.19. The van der Waals surface area contributed by atoms with Crippen molar-refractivity contribution in [3.8, 4) is 51.2 Å². The summed E-state index contributed by atoms with van der Waals surface area (Å²) in [5.74, 6) is 2.46. The van der Waals surface area contributed by atoms with Gasteiger partial charge in [-0.05, 0) is 69.8 Å². The van der Waals surface area contributed by atoms with Gasteiger partial charge in [-0.1, -0.05) is 125 Å². The Hall–Kier alpha value is -5.42. The van der Waals surface area contributed by atoms with Crippen LogP contribution in [-0.4, -0.2) is 24.5 Å². The van der Waals surface area contributed by atoms with Crippen molar-refractivity contribution in [1.82, 2.24) is 24.5 Å². The molecular weight excluding hydrogens is 562 g/mol. The molecule has 0 saturated heterocycles. The molecule has 0 amide bonds. The van der Waals surface area contributed by atoms with E-state index in [0.29, 0.717) is 23.3 Å².